The van der Waals surface area contributed by atoms with Gasteiger partial charge in [0.2, 0.25) is 0 Å². The Morgan fingerprint density at radius 3 is 2.88 bits per heavy atom. The van der Waals surface area contributed by atoms with Gasteiger partial charge in [-0.25, -0.2) is 9.18 Å². The van der Waals surface area contributed by atoms with E-state index in [2.05, 4.69) is 19.9 Å². The highest BCUT2D eigenvalue weighted by Gasteiger charge is 2.06. The van der Waals surface area contributed by atoms with Crippen LogP contribution in [-0.4, -0.2) is 27.0 Å². The number of halogens is 1. The summed E-state index contributed by atoms with van der Waals surface area (Å²) in [7, 11) is 1.34. The second kappa shape index (κ2) is 4.05. The Bertz CT molecular complexity index is 569. The summed E-state index contributed by atoms with van der Waals surface area (Å²) in [5, 5.41) is 0. The van der Waals surface area contributed by atoms with Crippen LogP contribution in [0.1, 0.15) is 0 Å². The van der Waals surface area contributed by atoms with Crippen LogP contribution in [0.25, 0.3) is 11.4 Å². The maximum Gasteiger partial charge on any atom is 0.351 e. The van der Waals surface area contributed by atoms with E-state index in [4.69, 9.17) is 4.74 Å². The third-order valence-electron chi connectivity index (χ3n) is 1.79. The van der Waals surface area contributed by atoms with E-state index in [0.29, 0.717) is 5.56 Å². The molecule has 2 heterocycles. The van der Waals surface area contributed by atoms with Crippen LogP contribution in [0.2, 0.25) is 0 Å². The number of hydrogen-bond acceptors (Lipinski definition) is 5. The van der Waals surface area contributed by atoms with E-state index in [1.165, 1.54) is 19.4 Å². The topological polar surface area (TPSA) is 80.8 Å². The highest BCUT2D eigenvalue weighted by molar-refractivity contribution is 5.52. The number of H-pyrrole nitrogens is 1. The van der Waals surface area contributed by atoms with Gasteiger partial charge in [-0.15, -0.1) is 4.98 Å². The Hall–Kier alpha value is -2.31. The molecule has 0 bridgehead atoms. The zero-order chi connectivity index (χ0) is 11.5. The number of aromatic amines is 1. The maximum atomic E-state index is 12.9. The van der Waals surface area contributed by atoms with Gasteiger partial charge in [-0.05, 0) is 6.07 Å². The highest BCUT2D eigenvalue weighted by Crippen LogP contribution is 2.13. The summed E-state index contributed by atoms with van der Waals surface area (Å²) >= 11 is 0. The van der Waals surface area contributed by atoms with E-state index in [0.717, 1.165) is 6.20 Å². The summed E-state index contributed by atoms with van der Waals surface area (Å²) < 4.78 is 17.6. The summed E-state index contributed by atoms with van der Waals surface area (Å²) in [6.07, 6.45) is 2.43. The van der Waals surface area contributed by atoms with Crippen LogP contribution in [0, 0.1) is 5.82 Å². The van der Waals surface area contributed by atoms with Gasteiger partial charge in [0.25, 0.3) is 0 Å². The molecule has 0 spiro atoms. The van der Waals surface area contributed by atoms with Crippen molar-refractivity contribution in [3.05, 3.63) is 34.8 Å². The zero-order valence-corrected chi connectivity index (χ0v) is 8.27. The molecule has 0 aliphatic carbocycles. The minimum Gasteiger partial charge on any atom is -0.467 e. The Labute approximate surface area is 89.2 Å². The first kappa shape index (κ1) is 10.2. The first-order chi connectivity index (χ1) is 7.69. The highest BCUT2D eigenvalue weighted by atomic mass is 19.1. The van der Waals surface area contributed by atoms with E-state index in [9.17, 15) is 9.18 Å². The van der Waals surface area contributed by atoms with Crippen molar-refractivity contribution in [2.45, 2.75) is 0 Å². The lowest BCUT2D eigenvalue weighted by molar-refractivity contribution is 0.377. The number of methoxy groups -OCH3 is 1. The molecule has 0 saturated heterocycles. The number of rotatable bonds is 2. The van der Waals surface area contributed by atoms with Crippen LogP contribution in [0.15, 0.2) is 23.3 Å². The lowest BCUT2D eigenvalue weighted by Gasteiger charge is -2.01. The molecular weight excluding hydrogens is 215 g/mol. The molecule has 0 fully saturated rings. The van der Waals surface area contributed by atoms with Gasteiger partial charge in [-0.3, -0.25) is 9.97 Å². The largest absolute Gasteiger partial charge is 0.467 e. The summed E-state index contributed by atoms with van der Waals surface area (Å²) in [5.74, 6) is -0.361. The minimum absolute atomic E-state index is 0.0805. The average Bonchev–Trinajstić information content (AvgIpc) is 2.28. The van der Waals surface area contributed by atoms with Crippen LogP contribution < -0.4 is 10.4 Å². The summed E-state index contributed by atoms with van der Waals surface area (Å²) in [4.78, 5) is 24.4. The molecule has 16 heavy (non-hydrogen) atoms. The van der Waals surface area contributed by atoms with E-state index in [-0.39, 0.29) is 11.8 Å². The molecule has 0 aromatic carbocycles. The third kappa shape index (κ3) is 2.02. The fourth-order valence-corrected chi connectivity index (χ4v) is 1.13. The third-order valence-corrected chi connectivity index (χ3v) is 1.79. The lowest BCUT2D eigenvalue weighted by Crippen LogP contribution is -2.14. The minimum atomic E-state index is -0.619. The number of nitrogens with one attached hydrogen (secondary N) is 1. The van der Waals surface area contributed by atoms with E-state index >= 15 is 0 Å². The van der Waals surface area contributed by atoms with Gasteiger partial charge in [-0.1, -0.05) is 0 Å². The Kier molecular flexibility index (Phi) is 2.59. The Morgan fingerprint density at radius 1 is 1.38 bits per heavy atom. The molecule has 0 radical (unpaired) electrons. The van der Waals surface area contributed by atoms with Crippen molar-refractivity contribution < 1.29 is 9.13 Å². The first-order valence-corrected chi connectivity index (χ1v) is 4.32. The predicted molar refractivity (Wildman–Crippen MR) is 52.4 cm³/mol. The number of ether oxygens (including phenoxy) is 1. The quantitative estimate of drug-likeness (QED) is 0.794. The first-order valence-electron chi connectivity index (χ1n) is 4.32. The number of hydrogen-bond donors (Lipinski definition) is 1. The lowest BCUT2D eigenvalue weighted by atomic mass is 10.3. The van der Waals surface area contributed by atoms with Gasteiger partial charge in [0.1, 0.15) is 11.6 Å². The summed E-state index contributed by atoms with van der Waals surface area (Å²) in [5.41, 5.74) is -0.274. The van der Waals surface area contributed by atoms with Gasteiger partial charge in [0.05, 0.1) is 13.3 Å². The van der Waals surface area contributed by atoms with Crippen molar-refractivity contribution in [3.8, 4) is 17.4 Å². The van der Waals surface area contributed by atoms with Crippen molar-refractivity contribution in [3.63, 3.8) is 0 Å². The Morgan fingerprint density at radius 2 is 2.19 bits per heavy atom. The number of pyridine rings is 1. The smallest absolute Gasteiger partial charge is 0.351 e. The van der Waals surface area contributed by atoms with Gasteiger partial charge in [0.15, 0.2) is 0 Å². The fourth-order valence-electron chi connectivity index (χ4n) is 1.13. The molecule has 2 aromatic rings. The monoisotopic (exact) mass is 222 g/mol. The summed E-state index contributed by atoms with van der Waals surface area (Å²) in [6.45, 7) is 0. The molecule has 0 aliphatic heterocycles. The van der Waals surface area contributed by atoms with Crippen LogP contribution >= 0.6 is 0 Å². The molecule has 0 atom stereocenters. The van der Waals surface area contributed by atoms with Gasteiger partial charge < -0.3 is 4.74 Å². The second-order valence-corrected chi connectivity index (χ2v) is 2.88. The normalized spacial score (nSPS) is 10.1. The molecule has 2 aromatic heterocycles. The molecule has 6 nitrogen and oxygen atoms in total. The van der Waals surface area contributed by atoms with E-state index in [1.807, 2.05) is 0 Å². The zero-order valence-electron chi connectivity index (χ0n) is 8.27. The summed E-state index contributed by atoms with van der Waals surface area (Å²) in [6, 6.07) is 1.12. The molecule has 7 heteroatoms. The molecule has 0 unspecified atom stereocenters. The van der Waals surface area contributed by atoms with Crippen LogP contribution in [0.3, 0.4) is 0 Å². The maximum absolute atomic E-state index is 12.9. The van der Waals surface area contributed by atoms with Crippen molar-refractivity contribution in [1.29, 1.82) is 0 Å². The SMILES string of the molecule is COc1nc(-c2cncc(F)c2)[nH]c(=O)n1. The molecule has 1 N–H and O–H groups in total. The Balaban J connectivity index is 2.55. The average molecular weight is 222 g/mol. The van der Waals surface area contributed by atoms with Crippen molar-refractivity contribution in [1.82, 2.24) is 19.9 Å². The van der Waals surface area contributed by atoms with Gasteiger partial charge in [0, 0.05) is 11.8 Å². The number of aromatic nitrogens is 4. The molecule has 0 amide bonds. The predicted octanol–water partition coefficient (Wildman–Crippen LogP) is 0.375. The van der Waals surface area contributed by atoms with Crippen molar-refractivity contribution >= 4 is 0 Å². The van der Waals surface area contributed by atoms with Crippen molar-refractivity contribution in [2.75, 3.05) is 7.11 Å². The molecule has 0 saturated carbocycles. The molecular formula is C9H7FN4O2. The van der Waals surface area contributed by atoms with Crippen LogP contribution in [0.5, 0.6) is 6.01 Å². The number of nitrogens with zero attached hydrogens (tertiary/aromatic N) is 3. The second-order valence-electron chi connectivity index (χ2n) is 2.88. The van der Waals surface area contributed by atoms with Crippen molar-refractivity contribution in [2.24, 2.45) is 0 Å². The van der Waals surface area contributed by atoms with Crippen LogP contribution in [0.4, 0.5) is 4.39 Å². The van der Waals surface area contributed by atoms with E-state index < -0.39 is 11.5 Å². The standard InChI is InChI=1S/C9H7FN4O2/c1-16-9-13-7(12-8(15)14-9)5-2-6(10)4-11-3-5/h2-4H,1H3,(H,12,13,14,15). The fraction of sp³-hybridized carbons (Fsp3) is 0.111. The van der Waals surface area contributed by atoms with Crippen LogP contribution in [-0.2, 0) is 0 Å². The van der Waals surface area contributed by atoms with Gasteiger partial charge in [-0.2, -0.15) is 4.98 Å². The molecule has 82 valence electrons. The molecule has 0 aliphatic rings. The van der Waals surface area contributed by atoms with E-state index in [1.54, 1.807) is 0 Å². The van der Waals surface area contributed by atoms with Gasteiger partial charge >= 0.3 is 11.7 Å². The molecule has 2 rings (SSSR count).